The van der Waals surface area contributed by atoms with E-state index in [1.54, 1.807) is 14.2 Å². The van der Waals surface area contributed by atoms with Gasteiger partial charge in [0.15, 0.2) is 0 Å². The number of methoxy groups -OCH3 is 2. The van der Waals surface area contributed by atoms with Crippen LogP contribution >= 0.6 is 11.3 Å². The maximum Gasteiger partial charge on any atom is 0.132 e. The summed E-state index contributed by atoms with van der Waals surface area (Å²) in [7, 11) is 3.26. The molecule has 0 amide bonds. The van der Waals surface area contributed by atoms with Crippen LogP contribution in [-0.2, 0) is 0 Å². The minimum absolute atomic E-state index is 0.366. The molecule has 5 heteroatoms. The van der Waals surface area contributed by atoms with E-state index in [4.69, 9.17) is 15.2 Å². The number of anilines is 1. The summed E-state index contributed by atoms with van der Waals surface area (Å²) < 4.78 is 10.6. The Kier molecular flexibility index (Phi) is 3.95. The highest BCUT2D eigenvalue weighted by atomic mass is 32.1. The van der Waals surface area contributed by atoms with Gasteiger partial charge < -0.3 is 15.2 Å². The van der Waals surface area contributed by atoms with Crippen molar-refractivity contribution in [3.63, 3.8) is 0 Å². The molecule has 0 radical (unpaired) electrons. The van der Waals surface area contributed by atoms with Crippen LogP contribution in [0.3, 0.4) is 0 Å². The minimum Gasteiger partial charge on any atom is -0.497 e. The molecule has 0 unspecified atom stereocenters. The zero-order valence-corrected chi connectivity index (χ0v) is 12.4. The van der Waals surface area contributed by atoms with E-state index in [1.807, 2.05) is 18.2 Å². The van der Waals surface area contributed by atoms with Gasteiger partial charge in [0.2, 0.25) is 0 Å². The average Bonchev–Trinajstić information content (AvgIpc) is 2.80. The molecule has 0 aliphatic carbocycles. The quantitative estimate of drug-likeness (QED) is 0.929. The van der Waals surface area contributed by atoms with E-state index in [0.717, 1.165) is 22.0 Å². The summed E-state index contributed by atoms with van der Waals surface area (Å²) in [6, 6.07) is 5.64. The number of rotatable bonds is 4. The molecule has 2 rings (SSSR count). The van der Waals surface area contributed by atoms with E-state index >= 15 is 0 Å². The summed E-state index contributed by atoms with van der Waals surface area (Å²) in [5.41, 5.74) is 7.75. The van der Waals surface area contributed by atoms with Gasteiger partial charge in [-0.05, 0) is 12.1 Å². The van der Waals surface area contributed by atoms with E-state index in [9.17, 15) is 0 Å². The Morgan fingerprint density at radius 1 is 1.21 bits per heavy atom. The van der Waals surface area contributed by atoms with Gasteiger partial charge in [-0.3, -0.25) is 0 Å². The second kappa shape index (κ2) is 5.48. The fraction of sp³-hybridized carbons (Fsp3) is 0.357. The molecule has 0 atom stereocenters. The summed E-state index contributed by atoms with van der Waals surface area (Å²) >= 11 is 1.53. The molecular weight excluding hydrogens is 260 g/mol. The third-order valence-electron chi connectivity index (χ3n) is 2.83. The number of hydrogen-bond donors (Lipinski definition) is 1. The third-order valence-corrected chi connectivity index (χ3v) is 4.01. The molecule has 2 N–H and O–H groups in total. The largest absolute Gasteiger partial charge is 0.497 e. The van der Waals surface area contributed by atoms with E-state index < -0.39 is 0 Å². The van der Waals surface area contributed by atoms with Gasteiger partial charge >= 0.3 is 0 Å². The fourth-order valence-corrected chi connectivity index (χ4v) is 2.63. The summed E-state index contributed by atoms with van der Waals surface area (Å²) in [4.78, 5) is 4.62. The van der Waals surface area contributed by atoms with Gasteiger partial charge in [0, 0.05) is 17.5 Å². The van der Waals surface area contributed by atoms with Crippen LogP contribution in [0.25, 0.3) is 11.3 Å². The molecule has 0 fully saturated rings. The number of nitrogens with two attached hydrogens (primary N) is 1. The van der Waals surface area contributed by atoms with Crippen LogP contribution in [0.4, 0.5) is 5.00 Å². The Morgan fingerprint density at radius 2 is 1.95 bits per heavy atom. The Hall–Kier alpha value is -1.75. The highest BCUT2D eigenvalue weighted by molar-refractivity contribution is 7.16. The first-order valence-corrected chi connectivity index (χ1v) is 6.87. The van der Waals surface area contributed by atoms with Crippen LogP contribution < -0.4 is 15.2 Å². The molecule has 0 saturated heterocycles. The first kappa shape index (κ1) is 13.7. The number of nitrogen functional groups attached to an aromatic ring is 1. The molecule has 102 valence electrons. The van der Waals surface area contributed by atoms with Crippen molar-refractivity contribution in [3.05, 3.63) is 23.2 Å². The van der Waals surface area contributed by atoms with E-state index in [2.05, 4.69) is 18.8 Å². The van der Waals surface area contributed by atoms with E-state index in [1.165, 1.54) is 11.3 Å². The van der Waals surface area contributed by atoms with Crippen LogP contribution in [0.2, 0.25) is 0 Å². The third kappa shape index (κ3) is 2.66. The van der Waals surface area contributed by atoms with Crippen molar-refractivity contribution in [1.82, 2.24) is 4.98 Å². The van der Waals surface area contributed by atoms with Crippen LogP contribution in [0.15, 0.2) is 18.2 Å². The Bertz CT molecular complexity index is 579. The van der Waals surface area contributed by atoms with Crippen molar-refractivity contribution in [2.75, 3.05) is 20.0 Å². The van der Waals surface area contributed by atoms with Gasteiger partial charge in [0.25, 0.3) is 0 Å². The summed E-state index contributed by atoms with van der Waals surface area (Å²) in [6.45, 7) is 4.21. The topological polar surface area (TPSA) is 57.4 Å². The SMILES string of the molecule is COc1ccc(-c2nc(C(C)C)sc2N)c(OC)c1. The van der Waals surface area contributed by atoms with Crippen LogP contribution in [0, 0.1) is 0 Å². The summed E-state index contributed by atoms with van der Waals surface area (Å²) in [5.74, 6) is 1.83. The zero-order valence-electron chi connectivity index (χ0n) is 11.6. The van der Waals surface area contributed by atoms with Crippen molar-refractivity contribution >= 4 is 16.3 Å². The van der Waals surface area contributed by atoms with Crippen LogP contribution in [-0.4, -0.2) is 19.2 Å². The highest BCUT2D eigenvalue weighted by Crippen LogP contribution is 2.39. The van der Waals surface area contributed by atoms with Crippen LogP contribution in [0.5, 0.6) is 11.5 Å². The van der Waals surface area contributed by atoms with E-state index in [0.29, 0.717) is 16.7 Å². The molecule has 0 aliphatic rings. The lowest BCUT2D eigenvalue weighted by Gasteiger charge is -2.09. The van der Waals surface area contributed by atoms with Crippen molar-refractivity contribution in [2.45, 2.75) is 19.8 Å². The number of thiazole rings is 1. The molecular formula is C14H18N2O2S. The molecule has 19 heavy (non-hydrogen) atoms. The monoisotopic (exact) mass is 278 g/mol. The van der Waals surface area contributed by atoms with E-state index in [-0.39, 0.29) is 0 Å². The maximum atomic E-state index is 6.07. The number of ether oxygens (including phenoxy) is 2. The van der Waals surface area contributed by atoms with Crippen molar-refractivity contribution in [3.8, 4) is 22.8 Å². The van der Waals surface area contributed by atoms with Gasteiger partial charge in [-0.15, -0.1) is 11.3 Å². The second-order valence-electron chi connectivity index (χ2n) is 4.49. The lowest BCUT2D eigenvalue weighted by molar-refractivity contribution is 0.395. The lowest BCUT2D eigenvalue weighted by atomic mass is 10.1. The Morgan fingerprint density at radius 3 is 2.47 bits per heavy atom. The van der Waals surface area contributed by atoms with Crippen molar-refractivity contribution < 1.29 is 9.47 Å². The zero-order chi connectivity index (χ0) is 14.0. The van der Waals surface area contributed by atoms with Gasteiger partial charge in [0.1, 0.15) is 22.2 Å². The first-order valence-electron chi connectivity index (χ1n) is 6.05. The number of benzene rings is 1. The normalized spacial score (nSPS) is 10.8. The molecule has 0 spiro atoms. The van der Waals surface area contributed by atoms with Crippen molar-refractivity contribution in [2.24, 2.45) is 0 Å². The molecule has 1 aromatic carbocycles. The first-order chi connectivity index (χ1) is 9.06. The molecule has 4 nitrogen and oxygen atoms in total. The fourth-order valence-electron chi connectivity index (χ4n) is 1.78. The Labute approximate surface area is 117 Å². The number of hydrogen-bond acceptors (Lipinski definition) is 5. The standard InChI is InChI=1S/C14H18N2O2S/c1-8(2)14-16-12(13(15)19-14)10-6-5-9(17-3)7-11(10)18-4/h5-8H,15H2,1-4H3. The maximum absolute atomic E-state index is 6.07. The molecule has 1 aromatic heterocycles. The summed E-state index contributed by atoms with van der Waals surface area (Å²) in [6.07, 6.45) is 0. The molecule has 0 bridgehead atoms. The van der Waals surface area contributed by atoms with Crippen LogP contribution in [0.1, 0.15) is 24.8 Å². The predicted octanol–water partition coefficient (Wildman–Crippen LogP) is 3.53. The van der Waals surface area contributed by atoms with Crippen molar-refractivity contribution in [1.29, 1.82) is 0 Å². The molecule has 2 aromatic rings. The molecule has 0 aliphatic heterocycles. The number of aromatic nitrogens is 1. The van der Waals surface area contributed by atoms with Gasteiger partial charge in [-0.2, -0.15) is 0 Å². The molecule has 1 heterocycles. The highest BCUT2D eigenvalue weighted by Gasteiger charge is 2.16. The minimum atomic E-state index is 0.366. The lowest BCUT2D eigenvalue weighted by Crippen LogP contribution is -1.93. The molecule has 0 saturated carbocycles. The smallest absolute Gasteiger partial charge is 0.132 e. The Balaban J connectivity index is 2.52. The average molecular weight is 278 g/mol. The van der Waals surface area contributed by atoms with Gasteiger partial charge in [-0.25, -0.2) is 4.98 Å². The van der Waals surface area contributed by atoms with Gasteiger partial charge in [0.05, 0.1) is 19.2 Å². The summed E-state index contributed by atoms with van der Waals surface area (Å²) in [5, 5.41) is 1.75. The van der Waals surface area contributed by atoms with Gasteiger partial charge in [-0.1, -0.05) is 13.8 Å². The number of nitrogens with zero attached hydrogens (tertiary/aromatic N) is 1. The second-order valence-corrected chi connectivity index (χ2v) is 5.55. The predicted molar refractivity (Wildman–Crippen MR) is 79.2 cm³/mol.